The average molecular weight is 169 g/mol. The van der Waals surface area contributed by atoms with Gasteiger partial charge < -0.3 is 5.73 Å². The Morgan fingerprint density at radius 2 is 1.92 bits per heavy atom. The highest BCUT2D eigenvalue weighted by Gasteiger charge is 1.92. The van der Waals surface area contributed by atoms with Crippen molar-refractivity contribution >= 4 is 0 Å². The molecule has 0 bridgehead atoms. The predicted octanol–water partition coefficient (Wildman–Crippen LogP) is 3.25. The largest absolute Gasteiger partial charge is 0.327 e. The second-order valence-corrected chi connectivity index (χ2v) is 3.37. The summed E-state index contributed by atoms with van der Waals surface area (Å²) in [6, 6.07) is 0.368. The first kappa shape index (κ1) is 11.7. The molecule has 0 rings (SSSR count). The maximum Gasteiger partial charge on any atom is 0.00707 e. The summed E-state index contributed by atoms with van der Waals surface area (Å²) in [7, 11) is 0. The maximum atomic E-state index is 5.76. The number of unbranched alkanes of at least 4 members (excludes halogenated alkanes) is 3. The van der Waals surface area contributed by atoms with Crippen LogP contribution in [0.25, 0.3) is 0 Å². The van der Waals surface area contributed by atoms with Crippen molar-refractivity contribution in [1.29, 1.82) is 0 Å². The molecule has 2 N–H and O–H groups in total. The Kier molecular flexibility index (Phi) is 8.57. The van der Waals surface area contributed by atoms with Crippen molar-refractivity contribution in [2.75, 3.05) is 0 Å². The zero-order valence-corrected chi connectivity index (χ0v) is 8.55. The van der Waals surface area contributed by atoms with Gasteiger partial charge in [-0.3, -0.25) is 0 Å². The second-order valence-electron chi connectivity index (χ2n) is 3.37. The van der Waals surface area contributed by atoms with E-state index in [4.69, 9.17) is 5.73 Å². The first-order valence-corrected chi connectivity index (χ1v) is 5.21. The van der Waals surface area contributed by atoms with Crippen LogP contribution in [0.3, 0.4) is 0 Å². The summed E-state index contributed by atoms with van der Waals surface area (Å²) in [4.78, 5) is 0. The monoisotopic (exact) mass is 169 g/mol. The molecule has 1 nitrogen and oxygen atoms in total. The lowest BCUT2D eigenvalue weighted by atomic mass is 10.1. The molecule has 0 radical (unpaired) electrons. The van der Waals surface area contributed by atoms with Gasteiger partial charge in [-0.25, -0.2) is 0 Å². The minimum absolute atomic E-state index is 0.368. The van der Waals surface area contributed by atoms with Crippen LogP contribution in [0.1, 0.15) is 52.4 Å². The predicted molar refractivity (Wildman–Crippen MR) is 56.2 cm³/mol. The number of allylic oxidation sites excluding steroid dienone is 1. The highest BCUT2D eigenvalue weighted by Crippen LogP contribution is 2.01. The Balaban J connectivity index is 3.13. The molecule has 12 heavy (non-hydrogen) atoms. The van der Waals surface area contributed by atoms with Gasteiger partial charge in [0.05, 0.1) is 0 Å². The maximum absolute atomic E-state index is 5.76. The molecule has 1 heteroatoms. The molecule has 0 aliphatic carbocycles. The Labute approximate surface area is 77.0 Å². The first-order chi connectivity index (χ1) is 5.81. The fourth-order valence-corrected chi connectivity index (χ4v) is 1.07. The van der Waals surface area contributed by atoms with Crippen molar-refractivity contribution in [3.63, 3.8) is 0 Å². The minimum atomic E-state index is 0.368. The molecule has 0 aromatic rings. The van der Waals surface area contributed by atoms with Crippen molar-refractivity contribution in [3.05, 3.63) is 12.2 Å². The zero-order chi connectivity index (χ0) is 9.23. The van der Waals surface area contributed by atoms with Gasteiger partial charge in [-0.15, -0.1) is 0 Å². The third kappa shape index (κ3) is 7.80. The molecule has 0 aliphatic rings. The minimum Gasteiger partial charge on any atom is -0.327 e. The van der Waals surface area contributed by atoms with Crippen molar-refractivity contribution in [3.8, 4) is 0 Å². The summed E-state index contributed by atoms with van der Waals surface area (Å²) in [6.07, 6.45) is 11.8. The third-order valence-corrected chi connectivity index (χ3v) is 2.10. The van der Waals surface area contributed by atoms with Crippen LogP contribution in [0.5, 0.6) is 0 Å². The Hall–Kier alpha value is -0.300. The van der Waals surface area contributed by atoms with E-state index in [2.05, 4.69) is 26.0 Å². The standard InChI is InChI=1S/C11H23N/c1-3-5-6-7-8-9-10-11(12)4-2/h8-9,11H,3-7,10,12H2,1-2H3/b9-8+. The third-order valence-electron chi connectivity index (χ3n) is 2.10. The SMILES string of the molecule is CCCCC/C=C/CC(N)CC. The van der Waals surface area contributed by atoms with Gasteiger partial charge in [-0.05, 0) is 25.7 Å². The van der Waals surface area contributed by atoms with Gasteiger partial charge >= 0.3 is 0 Å². The van der Waals surface area contributed by atoms with Crippen molar-refractivity contribution in [2.45, 2.75) is 58.4 Å². The van der Waals surface area contributed by atoms with Crippen LogP contribution in [0.2, 0.25) is 0 Å². The van der Waals surface area contributed by atoms with Crippen molar-refractivity contribution in [1.82, 2.24) is 0 Å². The van der Waals surface area contributed by atoms with Gasteiger partial charge in [0, 0.05) is 6.04 Å². The van der Waals surface area contributed by atoms with Crippen molar-refractivity contribution in [2.24, 2.45) is 5.73 Å². The van der Waals surface area contributed by atoms with Crippen LogP contribution in [0.4, 0.5) is 0 Å². The highest BCUT2D eigenvalue weighted by atomic mass is 14.6. The Morgan fingerprint density at radius 1 is 1.17 bits per heavy atom. The lowest BCUT2D eigenvalue weighted by Crippen LogP contribution is -2.16. The van der Waals surface area contributed by atoms with Gasteiger partial charge in [-0.2, -0.15) is 0 Å². The molecule has 0 aromatic carbocycles. The van der Waals surface area contributed by atoms with Crippen molar-refractivity contribution < 1.29 is 0 Å². The number of rotatable bonds is 7. The molecule has 0 heterocycles. The van der Waals surface area contributed by atoms with Gasteiger partial charge in [-0.1, -0.05) is 38.8 Å². The summed E-state index contributed by atoms with van der Waals surface area (Å²) in [5, 5.41) is 0. The molecule has 0 fully saturated rings. The van der Waals surface area contributed by atoms with E-state index in [-0.39, 0.29) is 0 Å². The molecule has 1 atom stereocenters. The van der Waals surface area contributed by atoms with E-state index in [1.807, 2.05) is 0 Å². The van der Waals surface area contributed by atoms with E-state index in [1.165, 1.54) is 25.7 Å². The molecule has 0 spiro atoms. The number of nitrogens with two attached hydrogens (primary N) is 1. The second kappa shape index (κ2) is 8.79. The summed E-state index contributed by atoms with van der Waals surface area (Å²) in [5.41, 5.74) is 5.76. The van der Waals surface area contributed by atoms with E-state index < -0.39 is 0 Å². The van der Waals surface area contributed by atoms with Crippen LogP contribution in [-0.2, 0) is 0 Å². The average Bonchev–Trinajstić information content (AvgIpc) is 2.10. The van der Waals surface area contributed by atoms with E-state index in [9.17, 15) is 0 Å². The molecule has 72 valence electrons. The smallest absolute Gasteiger partial charge is 0.00707 e. The molecular formula is C11H23N. The Morgan fingerprint density at radius 3 is 2.50 bits per heavy atom. The lowest BCUT2D eigenvalue weighted by molar-refractivity contribution is 0.656. The summed E-state index contributed by atoms with van der Waals surface area (Å²) in [6.45, 7) is 4.37. The van der Waals surface area contributed by atoms with Crippen LogP contribution >= 0.6 is 0 Å². The summed E-state index contributed by atoms with van der Waals surface area (Å²) in [5.74, 6) is 0. The quantitative estimate of drug-likeness (QED) is 0.459. The van der Waals surface area contributed by atoms with Gasteiger partial charge in [0.2, 0.25) is 0 Å². The summed E-state index contributed by atoms with van der Waals surface area (Å²) >= 11 is 0. The van der Waals surface area contributed by atoms with E-state index >= 15 is 0 Å². The van der Waals surface area contributed by atoms with E-state index in [0.29, 0.717) is 6.04 Å². The fourth-order valence-electron chi connectivity index (χ4n) is 1.07. The zero-order valence-electron chi connectivity index (χ0n) is 8.55. The normalized spacial score (nSPS) is 13.9. The topological polar surface area (TPSA) is 26.0 Å². The molecule has 0 aromatic heterocycles. The molecule has 0 saturated carbocycles. The molecule has 0 saturated heterocycles. The van der Waals surface area contributed by atoms with Gasteiger partial charge in [0.15, 0.2) is 0 Å². The lowest BCUT2D eigenvalue weighted by Gasteiger charge is -2.02. The highest BCUT2D eigenvalue weighted by molar-refractivity contribution is 4.84. The van der Waals surface area contributed by atoms with E-state index in [0.717, 1.165) is 12.8 Å². The number of hydrogen-bond acceptors (Lipinski definition) is 1. The van der Waals surface area contributed by atoms with Crippen LogP contribution in [0, 0.1) is 0 Å². The van der Waals surface area contributed by atoms with Crippen LogP contribution in [0.15, 0.2) is 12.2 Å². The first-order valence-electron chi connectivity index (χ1n) is 5.21. The summed E-state index contributed by atoms with van der Waals surface area (Å²) < 4.78 is 0. The molecular weight excluding hydrogens is 146 g/mol. The Bertz CT molecular complexity index is 108. The molecule has 0 amide bonds. The molecule has 1 unspecified atom stereocenters. The van der Waals surface area contributed by atoms with E-state index in [1.54, 1.807) is 0 Å². The van der Waals surface area contributed by atoms with Gasteiger partial charge in [0.25, 0.3) is 0 Å². The van der Waals surface area contributed by atoms with Crippen LogP contribution in [-0.4, -0.2) is 6.04 Å². The van der Waals surface area contributed by atoms with Crippen LogP contribution < -0.4 is 5.73 Å². The number of hydrogen-bond donors (Lipinski definition) is 1. The van der Waals surface area contributed by atoms with Gasteiger partial charge in [0.1, 0.15) is 0 Å². The molecule has 0 aliphatic heterocycles. The fraction of sp³-hybridized carbons (Fsp3) is 0.818.